The minimum absolute atomic E-state index is 0.196. The van der Waals surface area contributed by atoms with Crippen LogP contribution >= 0.6 is 23.4 Å². The van der Waals surface area contributed by atoms with Crippen LogP contribution in [0, 0.1) is 0 Å². The summed E-state index contributed by atoms with van der Waals surface area (Å²) in [6.45, 7) is 14.5. The molecule has 0 atom stereocenters. The number of aromatic nitrogens is 1. The highest BCUT2D eigenvalue weighted by Crippen LogP contribution is 2.32. The zero-order valence-electron chi connectivity index (χ0n) is 14.2. The molecule has 0 saturated carbocycles. The largest absolute Gasteiger partial charge is 0.369 e. The van der Waals surface area contributed by atoms with Gasteiger partial charge in [0.15, 0.2) is 0 Å². The van der Waals surface area contributed by atoms with Crippen molar-refractivity contribution in [2.45, 2.75) is 30.7 Å². The lowest BCUT2D eigenvalue weighted by molar-refractivity contribution is 0.0170. The van der Waals surface area contributed by atoms with Crippen LogP contribution in [0.15, 0.2) is 54.1 Å². The van der Waals surface area contributed by atoms with E-state index in [0.717, 1.165) is 49.6 Å². The molecule has 0 bridgehead atoms. The van der Waals surface area contributed by atoms with E-state index in [-0.39, 0.29) is 10.6 Å². The number of thioether (sulfide) groups is 1. The topological polar surface area (TPSA) is 28.2 Å². The molecule has 0 amide bonds. The Hall–Kier alpha value is -1.53. The summed E-state index contributed by atoms with van der Waals surface area (Å²) in [6.07, 6.45) is 3.31. The van der Waals surface area contributed by atoms with Crippen molar-refractivity contribution in [3.05, 3.63) is 59.7 Å². The minimum Gasteiger partial charge on any atom is -0.369 e. The van der Waals surface area contributed by atoms with Gasteiger partial charge in [0.25, 0.3) is 5.92 Å². The van der Waals surface area contributed by atoms with Crippen LogP contribution in [0.3, 0.4) is 0 Å². The fourth-order valence-electron chi connectivity index (χ4n) is 2.46. The van der Waals surface area contributed by atoms with Gasteiger partial charge >= 0.3 is 0 Å². The Morgan fingerprint density at radius 1 is 1.44 bits per heavy atom. The highest BCUT2D eigenvalue weighted by molar-refractivity contribution is 7.99. The van der Waals surface area contributed by atoms with E-state index in [1.165, 1.54) is 17.8 Å². The first-order chi connectivity index (χ1) is 11.7. The fraction of sp³-hybridized carbons (Fsp3) is 0.389. The summed E-state index contributed by atoms with van der Waals surface area (Å²) in [6, 6.07) is 1.25. The van der Waals surface area contributed by atoms with Crippen molar-refractivity contribution >= 4 is 23.4 Å². The van der Waals surface area contributed by atoms with E-state index >= 15 is 0 Å². The van der Waals surface area contributed by atoms with E-state index in [2.05, 4.69) is 34.9 Å². The van der Waals surface area contributed by atoms with Crippen molar-refractivity contribution in [3.63, 3.8) is 0 Å². The average molecular weight is 386 g/mol. The molecule has 0 unspecified atom stereocenters. The van der Waals surface area contributed by atoms with Gasteiger partial charge in [0.05, 0.1) is 11.6 Å². The first kappa shape index (κ1) is 19.8. The lowest BCUT2D eigenvalue weighted by Crippen LogP contribution is -2.26. The number of pyridine rings is 1. The Balaban J connectivity index is 1.83. The van der Waals surface area contributed by atoms with E-state index in [1.807, 2.05) is 0 Å². The maximum absolute atomic E-state index is 13.3. The van der Waals surface area contributed by atoms with Gasteiger partial charge < -0.3 is 10.2 Å². The van der Waals surface area contributed by atoms with E-state index in [9.17, 15) is 8.78 Å². The molecule has 0 spiro atoms. The maximum Gasteiger partial charge on any atom is 0.272 e. The van der Waals surface area contributed by atoms with Crippen LogP contribution in [0.1, 0.15) is 25.3 Å². The summed E-state index contributed by atoms with van der Waals surface area (Å²) in [5.74, 6) is -2.45. The number of alkyl halides is 2. The van der Waals surface area contributed by atoms with Crippen molar-refractivity contribution in [1.82, 2.24) is 15.2 Å². The molecule has 0 radical (unpaired) electrons. The van der Waals surface area contributed by atoms with Crippen LogP contribution < -0.4 is 5.32 Å². The number of hydrogen-bond acceptors (Lipinski definition) is 4. The molecule has 0 aliphatic carbocycles. The van der Waals surface area contributed by atoms with Crippen molar-refractivity contribution in [2.75, 3.05) is 18.8 Å². The quantitative estimate of drug-likeness (QED) is 0.625. The lowest BCUT2D eigenvalue weighted by atomic mass is 10.2. The molecule has 1 N–H and O–H groups in total. The van der Waals surface area contributed by atoms with Crippen LogP contribution in [0.5, 0.6) is 0 Å². The summed E-state index contributed by atoms with van der Waals surface area (Å²) >= 11 is 7.39. The summed E-state index contributed by atoms with van der Waals surface area (Å²) in [5, 5.41) is 3.88. The van der Waals surface area contributed by atoms with E-state index in [1.54, 1.807) is 0 Å². The summed E-state index contributed by atoms with van der Waals surface area (Å²) < 4.78 is 26.5. The third-order valence-corrected chi connectivity index (χ3v) is 5.27. The molecule has 1 aromatic rings. The Morgan fingerprint density at radius 2 is 2.16 bits per heavy atom. The molecule has 3 nitrogen and oxygen atoms in total. The normalized spacial score (nSPS) is 14.7. The Bertz CT molecular complexity index is 685. The molecular formula is C18H22ClF2N3S. The number of hydrogen-bond donors (Lipinski definition) is 1. The van der Waals surface area contributed by atoms with Crippen molar-refractivity contribution < 1.29 is 8.78 Å². The van der Waals surface area contributed by atoms with Crippen LogP contribution in [-0.2, 0) is 5.92 Å². The molecule has 1 aliphatic rings. The second-order valence-electron chi connectivity index (χ2n) is 6.11. The number of likely N-dealkylation sites (tertiary alicyclic amines) is 1. The van der Waals surface area contributed by atoms with E-state index in [4.69, 9.17) is 11.6 Å². The zero-order chi connectivity index (χ0) is 18.6. The summed E-state index contributed by atoms with van der Waals surface area (Å²) in [5.41, 5.74) is 2.53. The van der Waals surface area contributed by atoms with Crippen molar-refractivity contribution in [2.24, 2.45) is 0 Å². The van der Waals surface area contributed by atoms with Crippen molar-refractivity contribution in [1.29, 1.82) is 0 Å². The van der Waals surface area contributed by atoms with Gasteiger partial charge in [0.1, 0.15) is 5.03 Å². The number of halogens is 3. The van der Waals surface area contributed by atoms with Gasteiger partial charge in [-0.25, -0.2) is 13.8 Å². The third kappa shape index (κ3) is 5.75. The fourth-order valence-corrected chi connectivity index (χ4v) is 3.50. The monoisotopic (exact) mass is 385 g/mol. The number of nitrogens with zero attached hydrogens (tertiary/aromatic N) is 2. The average Bonchev–Trinajstić information content (AvgIpc) is 2.90. The molecule has 0 aromatic carbocycles. The molecule has 25 heavy (non-hydrogen) atoms. The Morgan fingerprint density at radius 3 is 2.72 bits per heavy atom. The SMILES string of the molecule is C=C(CSc1ncc(C(C)(F)F)cc1Cl)NC(=C)CN1CCCC1=C. The Kier molecular flexibility index (Phi) is 6.52. The second-order valence-corrected chi connectivity index (χ2v) is 7.48. The van der Waals surface area contributed by atoms with Gasteiger partial charge in [-0.3, -0.25) is 0 Å². The summed E-state index contributed by atoms with van der Waals surface area (Å²) in [7, 11) is 0. The molecule has 136 valence electrons. The van der Waals surface area contributed by atoms with Gasteiger partial charge in [-0.05, 0) is 18.9 Å². The smallest absolute Gasteiger partial charge is 0.272 e. The number of nitrogens with one attached hydrogen (secondary N) is 1. The molecular weight excluding hydrogens is 364 g/mol. The molecule has 7 heteroatoms. The molecule has 1 aromatic heterocycles. The molecule has 2 rings (SSSR count). The predicted molar refractivity (Wildman–Crippen MR) is 101 cm³/mol. The van der Waals surface area contributed by atoms with Gasteiger partial charge in [0, 0.05) is 48.1 Å². The Labute approximate surface area is 156 Å². The highest BCUT2D eigenvalue weighted by atomic mass is 35.5. The maximum atomic E-state index is 13.3. The number of rotatable bonds is 8. The van der Waals surface area contributed by atoms with Crippen LogP contribution in [0.4, 0.5) is 8.78 Å². The lowest BCUT2D eigenvalue weighted by Gasteiger charge is -2.22. The second kappa shape index (κ2) is 8.23. The van der Waals surface area contributed by atoms with Crippen LogP contribution in [0.2, 0.25) is 5.02 Å². The highest BCUT2D eigenvalue weighted by Gasteiger charge is 2.25. The predicted octanol–water partition coefficient (Wildman–Crippen LogP) is 5.17. The van der Waals surface area contributed by atoms with Gasteiger partial charge in [-0.15, -0.1) is 0 Å². The first-order valence-corrected chi connectivity index (χ1v) is 9.25. The molecule has 2 heterocycles. The molecule has 1 aliphatic heterocycles. The van der Waals surface area contributed by atoms with Gasteiger partial charge in [0.2, 0.25) is 0 Å². The van der Waals surface area contributed by atoms with Gasteiger partial charge in [-0.2, -0.15) is 0 Å². The van der Waals surface area contributed by atoms with E-state index in [0.29, 0.717) is 17.3 Å². The van der Waals surface area contributed by atoms with Crippen LogP contribution in [0.25, 0.3) is 0 Å². The third-order valence-electron chi connectivity index (χ3n) is 3.77. The molecule has 1 saturated heterocycles. The standard InChI is InChI=1S/C18H22ClF2N3S/c1-12(10-24-7-5-6-14(24)3)23-13(2)11-25-17-16(19)8-15(9-22-17)18(4,20)21/h8-9,23H,1-3,5-7,10-11H2,4H3. The van der Waals surface area contributed by atoms with E-state index < -0.39 is 5.92 Å². The molecule has 1 fully saturated rings. The number of allylic oxidation sites excluding steroid dienone is 1. The zero-order valence-corrected chi connectivity index (χ0v) is 15.8. The van der Waals surface area contributed by atoms with Crippen LogP contribution in [-0.4, -0.2) is 28.7 Å². The first-order valence-electron chi connectivity index (χ1n) is 7.88. The van der Waals surface area contributed by atoms with Gasteiger partial charge in [-0.1, -0.05) is 43.1 Å². The summed E-state index contributed by atoms with van der Waals surface area (Å²) in [4.78, 5) is 6.22. The van der Waals surface area contributed by atoms with Crippen molar-refractivity contribution in [3.8, 4) is 0 Å². The minimum atomic E-state index is -2.96.